The number of rotatable bonds is 6. The maximum Gasteiger partial charge on any atom is 0.320 e. The smallest absolute Gasteiger partial charge is 0.320 e. The van der Waals surface area contributed by atoms with Crippen LogP contribution in [0.2, 0.25) is 0 Å². The monoisotopic (exact) mass is 269 g/mol. The number of nitrogens with zero attached hydrogens (tertiary/aromatic N) is 2. The third-order valence-corrected chi connectivity index (χ3v) is 2.60. The van der Waals surface area contributed by atoms with E-state index in [0.29, 0.717) is 0 Å². The Balaban J connectivity index is 2.87. The Morgan fingerprint density at radius 3 is 2.74 bits per heavy atom. The van der Waals surface area contributed by atoms with Gasteiger partial charge in [-0.05, 0) is 18.9 Å². The molecule has 0 saturated carbocycles. The van der Waals surface area contributed by atoms with Crippen molar-refractivity contribution in [2.75, 3.05) is 0 Å². The molecule has 7 nitrogen and oxygen atoms in total. The molecule has 0 radical (unpaired) electrons. The maximum atomic E-state index is 13.3. The van der Waals surface area contributed by atoms with Crippen LogP contribution in [-0.2, 0) is 16.0 Å². The summed E-state index contributed by atoms with van der Waals surface area (Å²) < 4.78 is 13.3. The number of aliphatic carboxylic acids is 1. The molecule has 0 aliphatic carbocycles. The average Bonchev–Trinajstić information content (AvgIpc) is 2.39. The van der Waals surface area contributed by atoms with Crippen LogP contribution in [0.15, 0.2) is 23.5 Å². The molecule has 102 valence electrons. The molecule has 1 rings (SSSR count). The Bertz CT molecular complexity index is 495. The Labute approximate surface area is 107 Å². The summed E-state index contributed by atoms with van der Waals surface area (Å²) >= 11 is 0. The minimum Gasteiger partial charge on any atom is -0.480 e. The lowest BCUT2D eigenvalue weighted by Gasteiger charge is -2.14. The number of carbonyl (C=O) groups is 2. The van der Waals surface area contributed by atoms with Gasteiger partial charge in [0.2, 0.25) is 5.95 Å². The first-order chi connectivity index (χ1) is 8.95. The van der Waals surface area contributed by atoms with Crippen LogP contribution in [0.5, 0.6) is 0 Å². The standard InChI is InChI=1S/C11H12FN3O4/c12-9-6(2-1-3-14-9)4-7(10(16)15-19)5-8(13)11(17)18/h1-3,7-8H,4-5,13H2,(H,17,18). The molecule has 1 aromatic rings. The van der Waals surface area contributed by atoms with Crippen LogP contribution in [0.4, 0.5) is 4.39 Å². The van der Waals surface area contributed by atoms with Crippen molar-refractivity contribution in [2.24, 2.45) is 16.8 Å². The van der Waals surface area contributed by atoms with Crippen LogP contribution in [0, 0.1) is 16.8 Å². The van der Waals surface area contributed by atoms with E-state index >= 15 is 0 Å². The second-order valence-electron chi connectivity index (χ2n) is 3.96. The molecule has 3 N–H and O–H groups in total. The zero-order valence-electron chi connectivity index (χ0n) is 9.82. The van der Waals surface area contributed by atoms with Gasteiger partial charge in [0.1, 0.15) is 6.04 Å². The third-order valence-electron chi connectivity index (χ3n) is 2.60. The zero-order chi connectivity index (χ0) is 14.4. The minimum absolute atomic E-state index is 0.0992. The number of pyridine rings is 1. The highest BCUT2D eigenvalue weighted by molar-refractivity contribution is 5.81. The van der Waals surface area contributed by atoms with Gasteiger partial charge >= 0.3 is 5.97 Å². The lowest BCUT2D eigenvalue weighted by atomic mass is 9.93. The van der Waals surface area contributed by atoms with Gasteiger partial charge in [-0.15, -0.1) is 4.91 Å². The van der Waals surface area contributed by atoms with Crippen molar-refractivity contribution in [3.63, 3.8) is 0 Å². The Kier molecular flexibility index (Phi) is 5.19. The molecule has 0 saturated heterocycles. The molecule has 0 fully saturated rings. The summed E-state index contributed by atoms with van der Waals surface area (Å²) in [7, 11) is 0. The molecule has 1 aromatic heterocycles. The van der Waals surface area contributed by atoms with Gasteiger partial charge in [-0.3, -0.25) is 9.59 Å². The molecule has 0 aromatic carbocycles. The topological polar surface area (TPSA) is 123 Å². The molecule has 2 atom stereocenters. The summed E-state index contributed by atoms with van der Waals surface area (Å²) in [5.74, 6) is -4.23. The van der Waals surface area contributed by atoms with Gasteiger partial charge in [-0.25, -0.2) is 4.98 Å². The number of carbonyl (C=O) groups excluding carboxylic acids is 1. The predicted octanol–water partition coefficient (Wildman–Crippen LogP) is 0.474. The Hall–Kier alpha value is -2.22. The molecular formula is C11H12FN3O4. The van der Waals surface area contributed by atoms with Crippen LogP contribution in [0.25, 0.3) is 0 Å². The predicted molar refractivity (Wildman–Crippen MR) is 62.4 cm³/mol. The summed E-state index contributed by atoms with van der Waals surface area (Å²) in [6.07, 6.45) is 0.760. The van der Waals surface area contributed by atoms with E-state index in [1.54, 1.807) is 0 Å². The van der Waals surface area contributed by atoms with Crippen molar-refractivity contribution >= 4 is 11.9 Å². The fourth-order valence-electron chi connectivity index (χ4n) is 1.59. The van der Waals surface area contributed by atoms with Crippen LogP contribution < -0.4 is 5.73 Å². The third kappa shape index (κ3) is 4.18. The zero-order valence-corrected chi connectivity index (χ0v) is 9.82. The average molecular weight is 269 g/mol. The second kappa shape index (κ2) is 6.64. The van der Waals surface area contributed by atoms with E-state index in [1.165, 1.54) is 18.3 Å². The summed E-state index contributed by atoms with van der Waals surface area (Å²) in [4.78, 5) is 35.6. The molecule has 0 aliphatic heterocycles. The molecule has 0 bridgehead atoms. The molecule has 2 unspecified atom stereocenters. The van der Waals surface area contributed by atoms with Crippen LogP contribution in [0.3, 0.4) is 0 Å². The van der Waals surface area contributed by atoms with Gasteiger partial charge in [-0.1, -0.05) is 6.07 Å². The lowest BCUT2D eigenvalue weighted by Crippen LogP contribution is -2.34. The highest BCUT2D eigenvalue weighted by Gasteiger charge is 2.26. The highest BCUT2D eigenvalue weighted by atomic mass is 19.1. The fraction of sp³-hybridized carbons (Fsp3) is 0.364. The van der Waals surface area contributed by atoms with E-state index < -0.39 is 29.8 Å². The second-order valence-corrected chi connectivity index (χ2v) is 3.96. The first kappa shape index (κ1) is 14.8. The van der Waals surface area contributed by atoms with Gasteiger partial charge in [0.25, 0.3) is 5.91 Å². The van der Waals surface area contributed by atoms with Gasteiger partial charge < -0.3 is 10.8 Å². The summed E-state index contributed by atoms with van der Waals surface area (Å²) in [6.45, 7) is 0. The van der Waals surface area contributed by atoms with E-state index in [1.807, 2.05) is 0 Å². The number of hydrogen-bond donors (Lipinski definition) is 2. The van der Waals surface area contributed by atoms with E-state index in [9.17, 15) is 18.9 Å². The number of halogens is 1. The molecule has 1 heterocycles. The Morgan fingerprint density at radius 1 is 1.53 bits per heavy atom. The Morgan fingerprint density at radius 2 is 2.21 bits per heavy atom. The largest absolute Gasteiger partial charge is 0.480 e. The van der Waals surface area contributed by atoms with Crippen molar-refractivity contribution < 1.29 is 19.1 Å². The van der Waals surface area contributed by atoms with Gasteiger partial charge in [0, 0.05) is 22.9 Å². The van der Waals surface area contributed by atoms with E-state index in [0.717, 1.165) is 0 Å². The van der Waals surface area contributed by atoms with Gasteiger partial charge in [0.15, 0.2) is 0 Å². The number of amides is 1. The lowest BCUT2D eigenvalue weighted by molar-refractivity contribution is -0.139. The maximum absolute atomic E-state index is 13.3. The van der Waals surface area contributed by atoms with Gasteiger partial charge in [-0.2, -0.15) is 4.39 Å². The summed E-state index contributed by atoms with van der Waals surface area (Å²) in [5, 5.41) is 10.9. The normalized spacial score (nSPS) is 13.6. The fourth-order valence-corrected chi connectivity index (χ4v) is 1.59. The van der Waals surface area contributed by atoms with E-state index in [-0.39, 0.29) is 18.4 Å². The molecule has 1 amide bonds. The first-order valence-electron chi connectivity index (χ1n) is 5.40. The van der Waals surface area contributed by atoms with Crippen molar-refractivity contribution in [3.8, 4) is 0 Å². The van der Waals surface area contributed by atoms with Crippen molar-refractivity contribution in [1.29, 1.82) is 0 Å². The number of nitroso groups, excluding NO2 is 1. The van der Waals surface area contributed by atoms with Crippen molar-refractivity contribution in [1.82, 2.24) is 4.98 Å². The van der Waals surface area contributed by atoms with Gasteiger partial charge in [0.05, 0.1) is 0 Å². The minimum atomic E-state index is -1.32. The summed E-state index contributed by atoms with van der Waals surface area (Å²) in [5.41, 5.74) is 5.40. The summed E-state index contributed by atoms with van der Waals surface area (Å²) in [6, 6.07) is 1.53. The van der Waals surface area contributed by atoms with E-state index in [2.05, 4.69) is 10.2 Å². The first-order valence-corrected chi connectivity index (χ1v) is 5.40. The molecular weight excluding hydrogens is 257 g/mol. The SMILES string of the molecule is NC(CC(Cc1cccnc1F)C(=O)N=O)C(=O)O. The van der Waals surface area contributed by atoms with Crippen LogP contribution in [0.1, 0.15) is 12.0 Å². The molecule has 8 heteroatoms. The molecule has 0 spiro atoms. The van der Waals surface area contributed by atoms with Crippen LogP contribution >= 0.6 is 0 Å². The molecule has 0 aliphatic rings. The van der Waals surface area contributed by atoms with E-state index in [4.69, 9.17) is 10.8 Å². The van der Waals surface area contributed by atoms with Crippen molar-refractivity contribution in [2.45, 2.75) is 18.9 Å². The molecule has 19 heavy (non-hydrogen) atoms. The number of carboxylic acids is 1. The van der Waals surface area contributed by atoms with Crippen molar-refractivity contribution in [3.05, 3.63) is 34.7 Å². The number of aromatic nitrogens is 1. The highest BCUT2D eigenvalue weighted by Crippen LogP contribution is 2.17. The van der Waals surface area contributed by atoms with Crippen LogP contribution in [-0.4, -0.2) is 28.0 Å². The number of nitrogens with two attached hydrogens (primary N) is 1. The quantitative estimate of drug-likeness (QED) is 0.571. The number of carboxylic acid groups (broad SMARTS) is 1. The number of hydrogen-bond acceptors (Lipinski definition) is 5.